The van der Waals surface area contributed by atoms with Gasteiger partial charge in [0.15, 0.2) is 0 Å². The van der Waals surface area contributed by atoms with Crippen LogP contribution in [-0.2, 0) is 0 Å². The second kappa shape index (κ2) is 8.25. The first-order valence-electron chi connectivity index (χ1n) is 5.63. The van der Waals surface area contributed by atoms with Crippen molar-refractivity contribution in [1.82, 2.24) is 9.80 Å². The van der Waals surface area contributed by atoms with E-state index in [2.05, 4.69) is 44.9 Å². The zero-order valence-corrected chi connectivity index (χ0v) is 10.6. The highest BCUT2D eigenvalue weighted by atomic mass is 15.0. The third-order valence-corrected chi connectivity index (χ3v) is 2.42. The first-order valence-corrected chi connectivity index (χ1v) is 5.63. The van der Waals surface area contributed by atoms with E-state index in [0.29, 0.717) is 0 Å². The minimum Gasteiger partial charge on any atom is -0.309 e. The summed E-state index contributed by atoms with van der Waals surface area (Å²) in [5.74, 6) is 1.66. The van der Waals surface area contributed by atoms with Gasteiger partial charge in [-0.05, 0) is 72.9 Å². The zero-order valence-electron chi connectivity index (χ0n) is 10.6. The van der Waals surface area contributed by atoms with E-state index < -0.39 is 0 Å². The molecule has 0 aromatic carbocycles. The average Bonchev–Trinajstić information content (AvgIpc) is 2.02. The number of rotatable bonds is 8. The van der Waals surface area contributed by atoms with Gasteiger partial charge in [0.05, 0.1) is 0 Å². The molecular weight excluding hydrogens is 172 g/mol. The third-order valence-electron chi connectivity index (χ3n) is 2.42. The van der Waals surface area contributed by atoms with Gasteiger partial charge in [-0.1, -0.05) is 6.92 Å². The summed E-state index contributed by atoms with van der Waals surface area (Å²) >= 11 is 0. The molecule has 0 saturated heterocycles. The van der Waals surface area contributed by atoms with Gasteiger partial charge in [0.2, 0.25) is 0 Å². The second-order valence-electron chi connectivity index (χ2n) is 4.77. The highest BCUT2D eigenvalue weighted by Gasteiger charge is 2.03. The summed E-state index contributed by atoms with van der Waals surface area (Å²) in [5, 5.41) is 0. The van der Waals surface area contributed by atoms with Crippen LogP contribution in [0, 0.1) is 5.92 Å². The van der Waals surface area contributed by atoms with Crippen molar-refractivity contribution in [3.63, 3.8) is 0 Å². The van der Waals surface area contributed by atoms with Gasteiger partial charge in [-0.3, -0.25) is 0 Å². The van der Waals surface area contributed by atoms with E-state index in [0.717, 1.165) is 0 Å². The summed E-state index contributed by atoms with van der Waals surface area (Å²) in [7, 11) is 8.56. The maximum atomic E-state index is 2.30. The molecule has 0 aliphatic carbocycles. The van der Waals surface area contributed by atoms with Crippen LogP contribution in [0.4, 0.5) is 0 Å². The Morgan fingerprint density at radius 2 is 1.14 bits per heavy atom. The van der Waals surface area contributed by atoms with Gasteiger partial charge in [0.1, 0.15) is 0 Å². The molecule has 0 bridgehead atoms. The molecular formula is C12H27N2. The molecule has 0 fully saturated rings. The summed E-state index contributed by atoms with van der Waals surface area (Å²) in [6, 6.07) is 0. The molecule has 0 N–H and O–H groups in total. The van der Waals surface area contributed by atoms with Gasteiger partial charge in [0.25, 0.3) is 0 Å². The molecule has 0 unspecified atom stereocenters. The van der Waals surface area contributed by atoms with Crippen LogP contribution in [0.1, 0.15) is 32.6 Å². The van der Waals surface area contributed by atoms with Crippen molar-refractivity contribution in [2.75, 3.05) is 41.3 Å². The fourth-order valence-corrected chi connectivity index (χ4v) is 1.52. The lowest BCUT2D eigenvalue weighted by molar-refractivity contribution is 0.382. The van der Waals surface area contributed by atoms with Gasteiger partial charge in [-0.15, -0.1) is 0 Å². The van der Waals surface area contributed by atoms with Crippen LogP contribution in [0.15, 0.2) is 0 Å². The van der Waals surface area contributed by atoms with Gasteiger partial charge >= 0.3 is 0 Å². The maximum absolute atomic E-state index is 2.30. The van der Waals surface area contributed by atoms with Crippen molar-refractivity contribution in [3.8, 4) is 0 Å². The van der Waals surface area contributed by atoms with Crippen LogP contribution in [0.5, 0.6) is 0 Å². The quantitative estimate of drug-likeness (QED) is 0.592. The minimum atomic E-state index is 1.21. The molecule has 0 aromatic rings. The number of hydrogen-bond acceptors (Lipinski definition) is 2. The van der Waals surface area contributed by atoms with Gasteiger partial charge < -0.3 is 9.80 Å². The molecule has 0 aliphatic rings. The molecule has 1 radical (unpaired) electrons. The Bertz CT molecular complexity index is 107. The Balaban J connectivity index is 3.23. The van der Waals surface area contributed by atoms with Crippen molar-refractivity contribution < 1.29 is 0 Å². The molecule has 0 amide bonds. The zero-order chi connectivity index (χ0) is 11.0. The lowest BCUT2D eigenvalue weighted by atomic mass is 10.00. The lowest BCUT2D eigenvalue weighted by Crippen LogP contribution is -2.15. The van der Waals surface area contributed by atoms with Crippen LogP contribution >= 0.6 is 0 Å². The molecule has 0 rings (SSSR count). The molecule has 2 nitrogen and oxygen atoms in total. The van der Waals surface area contributed by atoms with Crippen LogP contribution in [-0.4, -0.2) is 51.1 Å². The van der Waals surface area contributed by atoms with Crippen LogP contribution in [0.25, 0.3) is 0 Å². The fraction of sp³-hybridized carbons (Fsp3) is 0.917. The van der Waals surface area contributed by atoms with Crippen LogP contribution < -0.4 is 0 Å². The first kappa shape index (κ1) is 13.9. The fourth-order valence-electron chi connectivity index (χ4n) is 1.52. The van der Waals surface area contributed by atoms with E-state index in [1.165, 1.54) is 38.8 Å². The van der Waals surface area contributed by atoms with Gasteiger partial charge in [0, 0.05) is 0 Å². The minimum absolute atomic E-state index is 1.21. The Hall–Kier alpha value is -0.0800. The summed E-state index contributed by atoms with van der Waals surface area (Å²) in [6.45, 7) is 4.72. The highest BCUT2D eigenvalue weighted by molar-refractivity contribution is 4.83. The van der Waals surface area contributed by atoms with E-state index in [-0.39, 0.29) is 0 Å². The molecule has 0 atom stereocenters. The molecule has 14 heavy (non-hydrogen) atoms. The molecule has 0 aliphatic heterocycles. The third kappa shape index (κ3) is 10.0. The smallest absolute Gasteiger partial charge is 0.00246 e. The summed E-state index contributed by atoms with van der Waals surface area (Å²) < 4.78 is 0. The highest BCUT2D eigenvalue weighted by Crippen LogP contribution is 2.14. The maximum Gasteiger partial charge on any atom is -0.00246 e. The first-order chi connectivity index (χ1) is 6.52. The molecule has 2 heteroatoms. The van der Waals surface area contributed by atoms with Crippen LogP contribution in [0.2, 0.25) is 0 Å². The number of hydrogen-bond donors (Lipinski definition) is 0. The Morgan fingerprint density at radius 3 is 1.43 bits per heavy atom. The van der Waals surface area contributed by atoms with Crippen molar-refractivity contribution in [2.24, 2.45) is 0 Å². The predicted molar refractivity (Wildman–Crippen MR) is 64.5 cm³/mol. The molecule has 0 aromatic heterocycles. The SMILES string of the molecule is C[C](CCCN(C)C)CCCN(C)C. The number of nitrogens with zero attached hydrogens (tertiary/aromatic N) is 2. The average molecular weight is 199 g/mol. The largest absolute Gasteiger partial charge is 0.309 e. The standard InChI is InChI=1S/C12H27N2/c1-12(8-6-10-13(2)3)9-7-11-14(4)5/h6-11H2,1-5H3. The van der Waals surface area contributed by atoms with Crippen molar-refractivity contribution >= 4 is 0 Å². The molecule has 0 spiro atoms. The predicted octanol–water partition coefficient (Wildman–Crippen LogP) is 2.26. The Labute approximate surface area is 90.3 Å². The van der Waals surface area contributed by atoms with Crippen LogP contribution in [0.3, 0.4) is 0 Å². The van der Waals surface area contributed by atoms with Crippen molar-refractivity contribution in [2.45, 2.75) is 32.6 Å². The molecule has 85 valence electrons. The summed E-state index contributed by atoms with van der Waals surface area (Å²) in [5.41, 5.74) is 0. The molecule has 0 saturated carbocycles. The Kier molecular flexibility index (Phi) is 8.20. The van der Waals surface area contributed by atoms with Crippen molar-refractivity contribution in [1.29, 1.82) is 0 Å². The molecule has 0 heterocycles. The topological polar surface area (TPSA) is 6.48 Å². The van der Waals surface area contributed by atoms with E-state index in [9.17, 15) is 0 Å². The second-order valence-corrected chi connectivity index (χ2v) is 4.77. The van der Waals surface area contributed by atoms with Crippen molar-refractivity contribution in [3.05, 3.63) is 5.92 Å². The lowest BCUT2D eigenvalue weighted by Gasteiger charge is -2.14. The monoisotopic (exact) mass is 199 g/mol. The van der Waals surface area contributed by atoms with E-state index >= 15 is 0 Å². The van der Waals surface area contributed by atoms with E-state index in [4.69, 9.17) is 0 Å². The van der Waals surface area contributed by atoms with Gasteiger partial charge in [-0.2, -0.15) is 0 Å². The van der Waals surface area contributed by atoms with Gasteiger partial charge in [-0.25, -0.2) is 0 Å². The normalized spacial score (nSPS) is 12.0. The summed E-state index contributed by atoms with van der Waals surface area (Å²) in [4.78, 5) is 4.51. The summed E-state index contributed by atoms with van der Waals surface area (Å²) in [6.07, 6.45) is 5.21. The van der Waals surface area contributed by atoms with E-state index in [1.807, 2.05) is 0 Å². The Morgan fingerprint density at radius 1 is 0.786 bits per heavy atom. The van der Waals surface area contributed by atoms with E-state index in [1.54, 1.807) is 5.92 Å².